The number of aromatic nitrogens is 2. The van der Waals surface area contributed by atoms with Gasteiger partial charge in [0.25, 0.3) is 0 Å². The summed E-state index contributed by atoms with van der Waals surface area (Å²) < 4.78 is 31.2. The highest BCUT2D eigenvalue weighted by Crippen LogP contribution is 2.20. The van der Waals surface area contributed by atoms with Crippen LogP contribution in [0.5, 0.6) is 5.75 Å². The molecule has 0 bridgehead atoms. The van der Waals surface area contributed by atoms with E-state index in [0.29, 0.717) is 23.8 Å². The maximum absolute atomic E-state index is 12.6. The van der Waals surface area contributed by atoms with E-state index < -0.39 is 6.61 Å². The zero-order chi connectivity index (χ0) is 22.8. The van der Waals surface area contributed by atoms with Crippen LogP contribution < -0.4 is 20.7 Å². The number of anilines is 1. The van der Waals surface area contributed by atoms with Crippen LogP contribution in [0.15, 0.2) is 72.0 Å². The van der Waals surface area contributed by atoms with Crippen molar-refractivity contribution in [2.24, 2.45) is 4.99 Å². The van der Waals surface area contributed by atoms with Crippen molar-refractivity contribution in [1.82, 2.24) is 20.4 Å². The third-order valence-corrected chi connectivity index (χ3v) is 4.39. The second kappa shape index (κ2) is 11.4. The molecule has 1 aromatic heterocycles. The summed E-state index contributed by atoms with van der Waals surface area (Å²) in [7, 11) is 1.61. The van der Waals surface area contributed by atoms with Crippen LogP contribution >= 0.6 is 0 Å². The van der Waals surface area contributed by atoms with E-state index >= 15 is 0 Å². The zero-order valence-corrected chi connectivity index (χ0v) is 17.5. The number of hydrogen-bond acceptors (Lipinski definition) is 4. The first-order chi connectivity index (χ1) is 15.5. The minimum absolute atomic E-state index is 0.115. The van der Waals surface area contributed by atoms with Gasteiger partial charge in [-0.3, -0.25) is 14.5 Å². The van der Waals surface area contributed by atoms with Crippen LogP contribution in [-0.4, -0.2) is 35.3 Å². The molecule has 0 aliphatic rings. The average Bonchev–Trinajstić information content (AvgIpc) is 3.27. The molecule has 0 atom stereocenters. The fraction of sp³-hybridized carbons (Fsp3) is 0.227. The Morgan fingerprint density at radius 3 is 2.69 bits per heavy atom. The van der Waals surface area contributed by atoms with Crippen molar-refractivity contribution in [3.05, 3.63) is 78.1 Å². The lowest BCUT2D eigenvalue weighted by Crippen LogP contribution is -2.36. The molecule has 3 rings (SSSR count). The second-order valence-electron chi connectivity index (χ2n) is 6.72. The fourth-order valence-corrected chi connectivity index (χ4v) is 2.95. The lowest BCUT2D eigenvalue weighted by atomic mass is 10.2. The van der Waals surface area contributed by atoms with Crippen LogP contribution in [0.4, 0.5) is 14.5 Å². The number of halogens is 2. The van der Waals surface area contributed by atoms with Gasteiger partial charge in [-0.25, -0.2) is 0 Å². The summed E-state index contributed by atoms with van der Waals surface area (Å²) in [6.45, 7) is -2.06. The number of carbonyl (C=O) groups is 1. The molecule has 32 heavy (non-hydrogen) atoms. The molecule has 0 aliphatic heterocycles. The van der Waals surface area contributed by atoms with Gasteiger partial charge in [-0.1, -0.05) is 30.3 Å². The summed E-state index contributed by atoms with van der Waals surface area (Å²) in [5.41, 5.74) is 2.17. The number of hydrogen-bond donors (Lipinski definition) is 3. The van der Waals surface area contributed by atoms with Crippen molar-refractivity contribution in [2.45, 2.75) is 26.2 Å². The van der Waals surface area contributed by atoms with E-state index in [4.69, 9.17) is 0 Å². The average molecular weight is 442 g/mol. The molecule has 3 N–H and O–H groups in total. The van der Waals surface area contributed by atoms with Crippen LogP contribution in [0.25, 0.3) is 0 Å². The number of alkyl halides is 2. The molecule has 10 heteroatoms. The highest BCUT2D eigenvalue weighted by atomic mass is 19.3. The Labute approximate surface area is 184 Å². The van der Waals surface area contributed by atoms with Gasteiger partial charge in [-0.2, -0.15) is 13.9 Å². The van der Waals surface area contributed by atoms with Crippen LogP contribution in [0.2, 0.25) is 0 Å². The van der Waals surface area contributed by atoms with Crippen LogP contribution in [-0.2, 0) is 24.4 Å². The van der Waals surface area contributed by atoms with E-state index in [1.165, 1.54) is 6.07 Å². The van der Waals surface area contributed by atoms with Gasteiger partial charge in [0, 0.05) is 43.8 Å². The minimum Gasteiger partial charge on any atom is -0.434 e. The number of benzene rings is 2. The van der Waals surface area contributed by atoms with E-state index in [0.717, 1.165) is 5.56 Å². The molecule has 0 spiro atoms. The number of amides is 1. The molecule has 0 fully saturated rings. The maximum Gasteiger partial charge on any atom is 0.387 e. The summed E-state index contributed by atoms with van der Waals surface area (Å²) in [5, 5.41) is 13.1. The van der Waals surface area contributed by atoms with Crippen molar-refractivity contribution in [1.29, 1.82) is 0 Å². The number of aliphatic imine (C=N–C) groups is 1. The number of nitrogens with zero attached hydrogens (tertiary/aromatic N) is 3. The Balaban J connectivity index is 1.52. The van der Waals surface area contributed by atoms with E-state index in [-0.39, 0.29) is 24.7 Å². The van der Waals surface area contributed by atoms with Gasteiger partial charge in [-0.15, -0.1) is 0 Å². The molecule has 8 nitrogen and oxygen atoms in total. The number of rotatable bonds is 9. The van der Waals surface area contributed by atoms with E-state index in [1.54, 1.807) is 54.5 Å². The Morgan fingerprint density at radius 2 is 1.94 bits per heavy atom. The second-order valence-corrected chi connectivity index (χ2v) is 6.72. The van der Waals surface area contributed by atoms with Gasteiger partial charge >= 0.3 is 6.61 Å². The van der Waals surface area contributed by atoms with Crippen LogP contribution in [0.1, 0.15) is 11.1 Å². The highest BCUT2D eigenvalue weighted by molar-refractivity contribution is 5.90. The Kier molecular flexibility index (Phi) is 8.13. The normalized spacial score (nSPS) is 11.3. The van der Waals surface area contributed by atoms with Crippen molar-refractivity contribution < 1.29 is 18.3 Å². The lowest BCUT2D eigenvalue weighted by Gasteiger charge is -2.15. The molecule has 0 aliphatic carbocycles. The van der Waals surface area contributed by atoms with Gasteiger partial charge in [0.05, 0.1) is 0 Å². The molecule has 0 saturated heterocycles. The Morgan fingerprint density at radius 1 is 1.12 bits per heavy atom. The van der Waals surface area contributed by atoms with Gasteiger partial charge in [0.1, 0.15) is 12.3 Å². The number of guanidine groups is 1. The summed E-state index contributed by atoms with van der Waals surface area (Å²) in [6.07, 6.45) is 3.33. The SMILES string of the molecule is CN=C(NCc1cccc(NC(=O)Cn2cccn2)c1)NCc1ccccc1OC(F)F. The van der Waals surface area contributed by atoms with Crippen molar-refractivity contribution >= 4 is 17.6 Å². The van der Waals surface area contributed by atoms with Crippen LogP contribution in [0.3, 0.4) is 0 Å². The summed E-state index contributed by atoms with van der Waals surface area (Å²) in [6, 6.07) is 15.7. The molecular formula is C22H24F2N6O2. The first-order valence-corrected chi connectivity index (χ1v) is 9.87. The van der Waals surface area contributed by atoms with Gasteiger partial charge in [0.15, 0.2) is 5.96 Å². The van der Waals surface area contributed by atoms with Gasteiger partial charge in [0.2, 0.25) is 5.91 Å². The molecule has 0 radical (unpaired) electrons. The summed E-state index contributed by atoms with van der Waals surface area (Å²) in [5.74, 6) is 0.426. The molecule has 3 aromatic rings. The topological polar surface area (TPSA) is 92.6 Å². The predicted octanol–water partition coefficient (Wildman–Crippen LogP) is 2.99. The van der Waals surface area contributed by atoms with E-state index in [9.17, 15) is 13.6 Å². The third kappa shape index (κ3) is 7.08. The number of carbonyl (C=O) groups excluding carboxylic acids is 1. The smallest absolute Gasteiger partial charge is 0.387 e. The third-order valence-electron chi connectivity index (χ3n) is 4.39. The standard InChI is InChI=1S/C22H24F2N6O2/c1-25-22(27-14-17-7-2-3-9-19(17)32-21(23)24)26-13-16-6-4-8-18(12-16)29-20(31)15-30-11-5-10-28-30/h2-12,21H,13-15H2,1H3,(H,29,31)(H2,25,26,27). The van der Waals surface area contributed by atoms with Gasteiger partial charge in [-0.05, 0) is 29.8 Å². The first kappa shape index (κ1) is 22.7. The maximum atomic E-state index is 12.6. The van der Waals surface area contributed by atoms with Crippen molar-refractivity contribution in [3.8, 4) is 5.75 Å². The Hall–Kier alpha value is -3.95. The predicted molar refractivity (Wildman–Crippen MR) is 117 cm³/mol. The molecule has 168 valence electrons. The monoisotopic (exact) mass is 442 g/mol. The summed E-state index contributed by atoms with van der Waals surface area (Å²) >= 11 is 0. The van der Waals surface area contributed by atoms with Crippen molar-refractivity contribution in [2.75, 3.05) is 12.4 Å². The lowest BCUT2D eigenvalue weighted by molar-refractivity contribution is -0.116. The molecule has 2 aromatic carbocycles. The zero-order valence-electron chi connectivity index (χ0n) is 17.5. The minimum atomic E-state index is -2.89. The van der Waals surface area contributed by atoms with E-state index in [2.05, 4.69) is 30.8 Å². The highest BCUT2D eigenvalue weighted by Gasteiger charge is 2.10. The fourth-order valence-electron chi connectivity index (χ4n) is 2.95. The number of ether oxygens (including phenoxy) is 1. The molecule has 1 amide bonds. The first-order valence-electron chi connectivity index (χ1n) is 9.87. The summed E-state index contributed by atoms with van der Waals surface area (Å²) in [4.78, 5) is 16.3. The number of para-hydroxylation sites is 1. The largest absolute Gasteiger partial charge is 0.434 e. The van der Waals surface area contributed by atoms with Crippen LogP contribution in [0, 0.1) is 0 Å². The van der Waals surface area contributed by atoms with Gasteiger partial charge < -0.3 is 20.7 Å². The van der Waals surface area contributed by atoms with E-state index in [1.807, 2.05) is 18.2 Å². The molecule has 0 unspecified atom stereocenters. The molecule has 1 heterocycles. The quantitative estimate of drug-likeness (QED) is 0.350. The Bertz CT molecular complexity index is 1040. The van der Waals surface area contributed by atoms with Crippen molar-refractivity contribution in [3.63, 3.8) is 0 Å². The molecule has 0 saturated carbocycles. The number of nitrogens with one attached hydrogen (secondary N) is 3. The molecular weight excluding hydrogens is 418 g/mol.